The van der Waals surface area contributed by atoms with E-state index in [9.17, 15) is 9.59 Å². The first-order valence-corrected chi connectivity index (χ1v) is 9.72. The lowest BCUT2D eigenvalue weighted by molar-refractivity contribution is -0.130. The molecule has 0 radical (unpaired) electrons. The van der Waals surface area contributed by atoms with Crippen molar-refractivity contribution in [3.05, 3.63) is 35.9 Å². The van der Waals surface area contributed by atoms with E-state index in [0.29, 0.717) is 13.0 Å². The summed E-state index contributed by atoms with van der Waals surface area (Å²) < 4.78 is 0. The molecule has 4 bridgehead atoms. The Labute approximate surface area is 149 Å². The molecule has 0 spiro atoms. The van der Waals surface area contributed by atoms with Crippen molar-refractivity contribution in [1.29, 1.82) is 0 Å². The van der Waals surface area contributed by atoms with Crippen LogP contribution in [-0.2, 0) is 16.1 Å². The Morgan fingerprint density at radius 1 is 0.880 bits per heavy atom. The molecule has 0 atom stereocenters. The number of carbonyl (C=O) groups excluding carboxylic acids is 2. The first-order valence-electron chi connectivity index (χ1n) is 9.72. The molecule has 4 saturated carbocycles. The number of hydrogen-bond donors (Lipinski definition) is 2. The van der Waals surface area contributed by atoms with E-state index in [4.69, 9.17) is 0 Å². The predicted molar refractivity (Wildman–Crippen MR) is 96.6 cm³/mol. The molecule has 4 heteroatoms. The molecule has 0 unspecified atom stereocenters. The van der Waals surface area contributed by atoms with Gasteiger partial charge in [0.2, 0.25) is 11.8 Å². The van der Waals surface area contributed by atoms with Crippen molar-refractivity contribution in [1.82, 2.24) is 10.6 Å². The smallest absolute Gasteiger partial charge is 0.220 e. The Hall–Kier alpha value is -1.84. The van der Waals surface area contributed by atoms with Crippen molar-refractivity contribution in [3.8, 4) is 0 Å². The minimum Gasteiger partial charge on any atom is -0.352 e. The van der Waals surface area contributed by atoms with Gasteiger partial charge in [0.05, 0.1) is 0 Å². The van der Waals surface area contributed by atoms with Gasteiger partial charge >= 0.3 is 0 Å². The summed E-state index contributed by atoms with van der Waals surface area (Å²) >= 11 is 0. The van der Waals surface area contributed by atoms with Crippen LogP contribution in [0, 0.1) is 17.8 Å². The summed E-state index contributed by atoms with van der Waals surface area (Å²) in [6, 6.07) is 9.85. The first kappa shape index (κ1) is 16.6. The van der Waals surface area contributed by atoms with Crippen molar-refractivity contribution < 1.29 is 9.59 Å². The zero-order valence-corrected chi connectivity index (χ0v) is 14.8. The lowest BCUT2D eigenvalue weighted by Gasteiger charge is -2.56. The van der Waals surface area contributed by atoms with E-state index in [1.807, 2.05) is 30.3 Å². The number of rotatable bonds is 6. The van der Waals surface area contributed by atoms with E-state index in [-0.39, 0.29) is 23.8 Å². The number of nitrogens with one attached hydrogen (secondary N) is 2. The molecule has 1 aromatic rings. The van der Waals surface area contributed by atoms with Gasteiger partial charge < -0.3 is 10.6 Å². The van der Waals surface area contributed by atoms with Crippen LogP contribution in [0.15, 0.2) is 30.3 Å². The summed E-state index contributed by atoms with van der Waals surface area (Å²) in [7, 11) is 0. The quantitative estimate of drug-likeness (QED) is 0.836. The standard InChI is InChI=1S/C21H28N2O2/c24-19(22-14-15-4-2-1-3-5-15)6-7-20(25)23-21-11-16-8-17(12-21)10-18(9-16)13-21/h1-5,16-18H,6-14H2,(H,22,24)(H,23,25). The fourth-order valence-electron chi connectivity index (χ4n) is 5.73. The van der Waals surface area contributed by atoms with E-state index in [2.05, 4.69) is 10.6 Å². The zero-order valence-electron chi connectivity index (χ0n) is 14.8. The van der Waals surface area contributed by atoms with Crippen LogP contribution in [0.25, 0.3) is 0 Å². The average Bonchev–Trinajstić information content (AvgIpc) is 2.57. The third kappa shape index (κ3) is 3.88. The minimum absolute atomic E-state index is 0.0480. The Bertz CT molecular complexity index is 605. The van der Waals surface area contributed by atoms with Gasteiger partial charge in [-0.25, -0.2) is 0 Å². The highest BCUT2D eigenvalue weighted by Gasteiger charge is 2.51. The second kappa shape index (κ2) is 6.81. The summed E-state index contributed by atoms with van der Waals surface area (Å²) in [5.74, 6) is 2.46. The van der Waals surface area contributed by atoms with Gasteiger partial charge in [0.15, 0.2) is 0 Å². The lowest BCUT2D eigenvalue weighted by atomic mass is 9.53. The summed E-state index contributed by atoms with van der Waals surface area (Å²) in [5.41, 5.74) is 1.13. The van der Waals surface area contributed by atoms with Crippen LogP contribution >= 0.6 is 0 Å². The molecule has 2 N–H and O–H groups in total. The van der Waals surface area contributed by atoms with Gasteiger partial charge in [-0.15, -0.1) is 0 Å². The van der Waals surface area contributed by atoms with Gasteiger partial charge in [0.1, 0.15) is 0 Å². The zero-order chi connectivity index (χ0) is 17.3. The monoisotopic (exact) mass is 340 g/mol. The van der Waals surface area contributed by atoms with Crippen molar-refractivity contribution in [2.24, 2.45) is 17.8 Å². The van der Waals surface area contributed by atoms with Crippen molar-refractivity contribution >= 4 is 11.8 Å². The van der Waals surface area contributed by atoms with Gasteiger partial charge in [-0.2, -0.15) is 0 Å². The Morgan fingerprint density at radius 2 is 1.44 bits per heavy atom. The summed E-state index contributed by atoms with van der Waals surface area (Å²) in [6.07, 6.45) is 8.15. The normalized spacial score (nSPS) is 32.4. The van der Waals surface area contributed by atoms with Crippen molar-refractivity contribution in [3.63, 3.8) is 0 Å². The first-order chi connectivity index (χ1) is 12.1. The van der Waals surface area contributed by atoms with Gasteiger partial charge in [0.25, 0.3) is 0 Å². The second-order valence-electron chi connectivity index (χ2n) is 8.51. The largest absolute Gasteiger partial charge is 0.352 e. The summed E-state index contributed by atoms with van der Waals surface area (Å²) in [6.45, 7) is 0.524. The molecule has 2 amide bonds. The van der Waals surface area contributed by atoms with Crippen molar-refractivity contribution in [2.75, 3.05) is 0 Å². The summed E-state index contributed by atoms with van der Waals surface area (Å²) in [5, 5.41) is 6.23. The van der Waals surface area contributed by atoms with Crippen LogP contribution in [0.4, 0.5) is 0 Å². The highest BCUT2D eigenvalue weighted by atomic mass is 16.2. The number of hydrogen-bond acceptors (Lipinski definition) is 2. The molecular weight excluding hydrogens is 312 g/mol. The number of amides is 2. The van der Waals surface area contributed by atoms with Gasteiger partial charge in [0, 0.05) is 24.9 Å². The third-order valence-corrected chi connectivity index (χ3v) is 6.35. The molecule has 5 rings (SSSR count). The Kier molecular flexibility index (Phi) is 4.53. The van der Waals surface area contributed by atoms with Crippen LogP contribution in [0.2, 0.25) is 0 Å². The minimum atomic E-state index is -0.0514. The maximum absolute atomic E-state index is 12.4. The van der Waals surface area contributed by atoms with Crippen LogP contribution in [0.3, 0.4) is 0 Å². The maximum atomic E-state index is 12.4. The van der Waals surface area contributed by atoms with Crippen molar-refractivity contribution in [2.45, 2.75) is 63.5 Å². The molecule has 0 saturated heterocycles. The fraction of sp³-hybridized carbons (Fsp3) is 0.619. The highest BCUT2D eigenvalue weighted by Crippen LogP contribution is 2.55. The molecular formula is C21H28N2O2. The molecule has 1 aromatic carbocycles. The Balaban J connectivity index is 1.22. The molecule has 4 fully saturated rings. The van der Waals surface area contributed by atoms with Crippen LogP contribution in [-0.4, -0.2) is 17.4 Å². The number of carbonyl (C=O) groups is 2. The molecule has 25 heavy (non-hydrogen) atoms. The van der Waals surface area contributed by atoms with Gasteiger partial charge in [-0.05, 0) is 61.8 Å². The van der Waals surface area contributed by atoms with Crippen LogP contribution < -0.4 is 10.6 Å². The van der Waals surface area contributed by atoms with E-state index < -0.39 is 0 Å². The fourth-order valence-corrected chi connectivity index (χ4v) is 5.73. The van der Waals surface area contributed by atoms with Crippen LogP contribution in [0.5, 0.6) is 0 Å². The molecule has 4 nitrogen and oxygen atoms in total. The molecule has 0 heterocycles. The number of benzene rings is 1. The molecule has 134 valence electrons. The van der Waals surface area contributed by atoms with E-state index in [1.54, 1.807) is 0 Å². The topological polar surface area (TPSA) is 58.2 Å². The SMILES string of the molecule is O=C(CCC(=O)NC12CC3CC(CC(C3)C1)C2)NCc1ccccc1. The third-order valence-electron chi connectivity index (χ3n) is 6.35. The average molecular weight is 340 g/mol. The molecule has 0 aromatic heterocycles. The predicted octanol–water partition coefficient (Wildman–Crippen LogP) is 3.17. The van der Waals surface area contributed by atoms with E-state index in [1.165, 1.54) is 19.3 Å². The van der Waals surface area contributed by atoms with E-state index >= 15 is 0 Å². The van der Waals surface area contributed by atoms with Crippen LogP contribution in [0.1, 0.15) is 56.9 Å². The highest BCUT2D eigenvalue weighted by molar-refractivity contribution is 5.84. The molecule has 4 aliphatic rings. The Morgan fingerprint density at radius 3 is 2.04 bits per heavy atom. The second-order valence-corrected chi connectivity index (χ2v) is 8.51. The molecule has 4 aliphatic carbocycles. The lowest BCUT2D eigenvalue weighted by Crippen LogP contribution is -2.59. The van der Waals surface area contributed by atoms with Gasteiger partial charge in [-0.3, -0.25) is 9.59 Å². The summed E-state index contributed by atoms with van der Waals surface area (Å²) in [4.78, 5) is 24.4. The maximum Gasteiger partial charge on any atom is 0.220 e. The van der Waals surface area contributed by atoms with Gasteiger partial charge in [-0.1, -0.05) is 30.3 Å². The molecule has 0 aliphatic heterocycles. The van der Waals surface area contributed by atoms with E-state index in [0.717, 1.165) is 42.6 Å².